The molecule has 1 rings (SSSR count). The van der Waals surface area contributed by atoms with Crippen molar-refractivity contribution in [2.45, 2.75) is 26.3 Å². The third kappa shape index (κ3) is 5.88. The number of thiocarbonyl (C=S) groups is 1. The molecule has 0 radical (unpaired) electrons. The summed E-state index contributed by atoms with van der Waals surface area (Å²) in [6, 6.07) is 8.79. The maximum Gasteiger partial charge on any atom is 0.169 e. The fourth-order valence-electron chi connectivity index (χ4n) is 1.88. The molecule has 0 aliphatic carbocycles. The molecule has 1 N–H and O–H groups in total. The Morgan fingerprint density at radius 3 is 2.25 bits per heavy atom. The van der Waals surface area contributed by atoms with Gasteiger partial charge < -0.3 is 15.1 Å². The second kappa shape index (κ2) is 8.22. The van der Waals surface area contributed by atoms with Crippen LogP contribution in [0.3, 0.4) is 0 Å². The van der Waals surface area contributed by atoms with Crippen LogP contribution < -0.4 is 5.32 Å². The molecule has 0 unspecified atom stereocenters. The molecule has 0 bridgehead atoms. The lowest BCUT2D eigenvalue weighted by atomic mass is 10.0. The second-order valence-electron chi connectivity index (χ2n) is 5.79. The molecule has 0 aliphatic rings. The highest BCUT2D eigenvalue weighted by atomic mass is 32.1. The molecule has 1 aromatic carbocycles. The molecule has 1 aromatic rings. The van der Waals surface area contributed by atoms with E-state index in [1.165, 1.54) is 11.1 Å². The van der Waals surface area contributed by atoms with Crippen LogP contribution in [0.15, 0.2) is 24.3 Å². The Labute approximate surface area is 129 Å². The average Bonchev–Trinajstić information content (AvgIpc) is 2.38. The maximum atomic E-state index is 5.39. The summed E-state index contributed by atoms with van der Waals surface area (Å²) in [6.07, 6.45) is 0. The Bertz CT molecular complexity index is 412. The maximum absolute atomic E-state index is 5.39. The SMILES string of the molecule is CC(C)c1ccc(CN(C)C(=S)NCCN(C)C)cc1. The third-order valence-electron chi connectivity index (χ3n) is 3.25. The van der Waals surface area contributed by atoms with Crippen LogP contribution in [-0.2, 0) is 6.54 Å². The van der Waals surface area contributed by atoms with Crippen molar-refractivity contribution in [3.8, 4) is 0 Å². The van der Waals surface area contributed by atoms with Crippen molar-refractivity contribution >= 4 is 17.3 Å². The van der Waals surface area contributed by atoms with Crippen LogP contribution in [0.5, 0.6) is 0 Å². The van der Waals surface area contributed by atoms with Crippen LogP contribution >= 0.6 is 12.2 Å². The minimum atomic E-state index is 0.579. The lowest BCUT2D eigenvalue weighted by Crippen LogP contribution is -2.39. The fourth-order valence-corrected chi connectivity index (χ4v) is 2.04. The highest BCUT2D eigenvalue weighted by Crippen LogP contribution is 2.15. The lowest BCUT2D eigenvalue weighted by Gasteiger charge is -2.22. The summed E-state index contributed by atoms with van der Waals surface area (Å²) in [7, 11) is 6.15. The number of benzene rings is 1. The van der Waals surface area contributed by atoms with E-state index in [0.717, 1.165) is 24.7 Å². The van der Waals surface area contributed by atoms with Gasteiger partial charge in [0.15, 0.2) is 5.11 Å². The summed E-state index contributed by atoms with van der Waals surface area (Å²) in [5.41, 5.74) is 2.66. The third-order valence-corrected chi connectivity index (χ3v) is 3.70. The van der Waals surface area contributed by atoms with E-state index < -0.39 is 0 Å². The Morgan fingerprint density at radius 1 is 1.15 bits per heavy atom. The molecule has 0 saturated heterocycles. The van der Waals surface area contributed by atoms with Gasteiger partial charge in [-0.15, -0.1) is 0 Å². The van der Waals surface area contributed by atoms with Gasteiger partial charge >= 0.3 is 0 Å². The standard InChI is InChI=1S/C16H27N3S/c1-13(2)15-8-6-14(7-9-15)12-19(5)16(20)17-10-11-18(3)4/h6-9,13H,10-12H2,1-5H3,(H,17,20). The van der Waals surface area contributed by atoms with Gasteiger partial charge in [0.05, 0.1) is 0 Å². The molecule has 112 valence electrons. The molecule has 3 nitrogen and oxygen atoms in total. The highest BCUT2D eigenvalue weighted by molar-refractivity contribution is 7.80. The molecule has 0 atom stereocenters. The summed E-state index contributed by atoms with van der Waals surface area (Å²) >= 11 is 5.39. The monoisotopic (exact) mass is 293 g/mol. The van der Waals surface area contributed by atoms with Gasteiger partial charge in [-0.3, -0.25) is 0 Å². The second-order valence-corrected chi connectivity index (χ2v) is 6.17. The molecule has 0 fully saturated rings. The Morgan fingerprint density at radius 2 is 1.75 bits per heavy atom. The molecule has 0 aromatic heterocycles. The topological polar surface area (TPSA) is 18.5 Å². The molecule has 0 spiro atoms. The Hall–Kier alpha value is -1.13. The van der Waals surface area contributed by atoms with Gasteiger partial charge in [0.25, 0.3) is 0 Å². The van der Waals surface area contributed by atoms with Gasteiger partial charge in [0.2, 0.25) is 0 Å². The van der Waals surface area contributed by atoms with Crippen molar-refractivity contribution in [1.82, 2.24) is 15.1 Å². The summed E-state index contributed by atoms with van der Waals surface area (Å²) in [5, 5.41) is 4.08. The van der Waals surface area contributed by atoms with E-state index in [1.807, 2.05) is 7.05 Å². The first kappa shape index (κ1) is 16.9. The quantitative estimate of drug-likeness (QED) is 0.813. The van der Waals surface area contributed by atoms with E-state index in [9.17, 15) is 0 Å². The van der Waals surface area contributed by atoms with Crippen molar-refractivity contribution in [3.05, 3.63) is 35.4 Å². The van der Waals surface area contributed by atoms with E-state index in [0.29, 0.717) is 5.92 Å². The Balaban J connectivity index is 2.44. The number of likely N-dealkylation sites (N-methyl/N-ethyl adjacent to an activating group) is 1. The number of hydrogen-bond acceptors (Lipinski definition) is 2. The normalized spacial score (nSPS) is 10.9. The first-order valence-corrected chi connectivity index (χ1v) is 7.53. The van der Waals surface area contributed by atoms with E-state index in [2.05, 4.69) is 67.3 Å². The van der Waals surface area contributed by atoms with Crippen LogP contribution in [0.25, 0.3) is 0 Å². The summed E-state index contributed by atoms with van der Waals surface area (Å²) < 4.78 is 0. The van der Waals surface area contributed by atoms with Gasteiger partial charge in [0, 0.05) is 26.7 Å². The van der Waals surface area contributed by atoms with Gasteiger partial charge in [-0.1, -0.05) is 38.1 Å². The molecule has 0 amide bonds. The largest absolute Gasteiger partial charge is 0.361 e. The summed E-state index contributed by atoms with van der Waals surface area (Å²) in [6.45, 7) is 7.13. The molecule has 20 heavy (non-hydrogen) atoms. The molecule has 0 saturated carbocycles. The van der Waals surface area contributed by atoms with Gasteiger partial charge in [0.1, 0.15) is 0 Å². The predicted octanol–water partition coefficient (Wildman–Crippen LogP) is 2.68. The molecular weight excluding hydrogens is 266 g/mol. The zero-order chi connectivity index (χ0) is 15.1. The smallest absolute Gasteiger partial charge is 0.169 e. The average molecular weight is 293 g/mol. The van der Waals surface area contributed by atoms with Crippen molar-refractivity contribution in [1.29, 1.82) is 0 Å². The van der Waals surface area contributed by atoms with Crippen LogP contribution in [0.1, 0.15) is 30.9 Å². The van der Waals surface area contributed by atoms with Crippen LogP contribution in [0.4, 0.5) is 0 Å². The van der Waals surface area contributed by atoms with Crippen molar-refractivity contribution < 1.29 is 0 Å². The molecule has 0 heterocycles. The predicted molar refractivity (Wildman–Crippen MR) is 91.2 cm³/mol. The number of nitrogens with zero attached hydrogens (tertiary/aromatic N) is 2. The highest BCUT2D eigenvalue weighted by Gasteiger charge is 2.05. The number of nitrogens with one attached hydrogen (secondary N) is 1. The number of hydrogen-bond donors (Lipinski definition) is 1. The number of rotatable bonds is 6. The summed E-state index contributed by atoms with van der Waals surface area (Å²) in [5.74, 6) is 0.579. The molecule has 0 aliphatic heterocycles. The lowest BCUT2D eigenvalue weighted by molar-refractivity contribution is 0.406. The molecule has 4 heteroatoms. The zero-order valence-corrected chi connectivity index (χ0v) is 14.1. The minimum Gasteiger partial charge on any atom is -0.361 e. The fraction of sp³-hybridized carbons (Fsp3) is 0.562. The van der Waals surface area contributed by atoms with Gasteiger partial charge in [-0.25, -0.2) is 0 Å². The van der Waals surface area contributed by atoms with Crippen LogP contribution in [-0.4, -0.2) is 49.1 Å². The molecular formula is C16H27N3S. The first-order chi connectivity index (χ1) is 9.40. The van der Waals surface area contributed by atoms with Crippen molar-refractivity contribution in [2.24, 2.45) is 0 Å². The van der Waals surface area contributed by atoms with Gasteiger partial charge in [-0.05, 0) is 43.4 Å². The van der Waals surface area contributed by atoms with Crippen molar-refractivity contribution in [2.75, 3.05) is 34.2 Å². The Kier molecular flexibility index (Phi) is 6.96. The van der Waals surface area contributed by atoms with Crippen molar-refractivity contribution in [3.63, 3.8) is 0 Å². The van der Waals surface area contributed by atoms with Gasteiger partial charge in [-0.2, -0.15) is 0 Å². The van der Waals surface area contributed by atoms with Crippen LogP contribution in [0.2, 0.25) is 0 Å². The van der Waals surface area contributed by atoms with E-state index in [1.54, 1.807) is 0 Å². The van der Waals surface area contributed by atoms with Crippen LogP contribution in [0, 0.1) is 0 Å². The summed E-state index contributed by atoms with van der Waals surface area (Å²) in [4.78, 5) is 4.22. The van der Waals surface area contributed by atoms with E-state index >= 15 is 0 Å². The minimum absolute atomic E-state index is 0.579. The van der Waals surface area contributed by atoms with E-state index in [-0.39, 0.29) is 0 Å². The first-order valence-electron chi connectivity index (χ1n) is 7.12. The van der Waals surface area contributed by atoms with E-state index in [4.69, 9.17) is 12.2 Å². The zero-order valence-electron chi connectivity index (χ0n) is 13.3.